The molecule has 0 amide bonds. The Hall–Kier alpha value is -2.40. The minimum absolute atomic E-state index is 0.0967. The molecule has 6 heteroatoms. The van der Waals surface area contributed by atoms with Gasteiger partial charge in [0.1, 0.15) is 0 Å². The standard InChI is InChI=1S/C14H10ClN3O2/c1-8-4-9(2-3-11(8)15)12-5-13-16-6-10(14(19)20)7-18(13)17-12/h2-7H,1H3,(H,19,20). The number of hydrogen-bond acceptors (Lipinski definition) is 3. The predicted molar refractivity (Wildman–Crippen MR) is 75.1 cm³/mol. The summed E-state index contributed by atoms with van der Waals surface area (Å²) in [6, 6.07) is 7.41. The van der Waals surface area contributed by atoms with Gasteiger partial charge in [0.05, 0.1) is 11.3 Å². The van der Waals surface area contributed by atoms with Gasteiger partial charge in [0, 0.05) is 29.0 Å². The van der Waals surface area contributed by atoms with Crippen molar-refractivity contribution >= 4 is 23.2 Å². The number of aromatic carboxylic acids is 1. The lowest BCUT2D eigenvalue weighted by Gasteiger charge is -2.00. The number of hydrogen-bond donors (Lipinski definition) is 1. The number of carboxylic acids is 1. The van der Waals surface area contributed by atoms with E-state index in [2.05, 4.69) is 10.1 Å². The van der Waals surface area contributed by atoms with Gasteiger partial charge in [0.25, 0.3) is 0 Å². The van der Waals surface area contributed by atoms with E-state index in [1.54, 1.807) is 6.07 Å². The fourth-order valence-electron chi connectivity index (χ4n) is 1.93. The van der Waals surface area contributed by atoms with Gasteiger partial charge >= 0.3 is 5.97 Å². The molecule has 0 aliphatic heterocycles. The third kappa shape index (κ3) is 2.12. The quantitative estimate of drug-likeness (QED) is 0.786. The number of carbonyl (C=O) groups is 1. The van der Waals surface area contributed by atoms with E-state index in [9.17, 15) is 4.79 Å². The molecule has 3 rings (SSSR count). The largest absolute Gasteiger partial charge is 0.478 e. The van der Waals surface area contributed by atoms with Crippen molar-refractivity contribution in [1.29, 1.82) is 0 Å². The van der Waals surface area contributed by atoms with Gasteiger partial charge in [0.2, 0.25) is 0 Å². The van der Waals surface area contributed by atoms with Gasteiger partial charge in [0.15, 0.2) is 5.65 Å². The van der Waals surface area contributed by atoms with Gasteiger partial charge in [-0.25, -0.2) is 14.3 Å². The minimum Gasteiger partial charge on any atom is -0.478 e. The highest BCUT2D eigenvalue weighted by atomic mass is 35.5. The van der Waals surface area contributed by atoms with Gasteiger partial charge < -0.3 is 5.11 Å². The van der Waals surface area contributed by atoms with Crippen LogP contribution in [-0.4, -0.2) is 25.7 Å². The van der Waals surface area contributed by atoms with E-state index in [0.29, 0.717) is 10.7 Å². The molecular formula is C14H10ClN3O2. The van der Waals surface area contributed by atoms with E-state index >= 15 is 0 Å². The lowest BCUT2D eigenvalue weighted by molar-refractivity contribution is 0.0695. The number of carboxylic acid groups (broad SMARTS) is 1. The molecular weight excluding hydrogens is 278 g/mol. The zero-order valence-electron chi connectivity index (χ0n) is 10.5. The van der Waals surface area contributed by atoms with Crippen LogP contribution < -0.4 is 0 Å². The highest BCUT2D eigenvalue weighted by Gasteiger charge is 2.09. The first-order valence-electron chi connectivity index (χ1n) is 5.90. The molecule has 0 aliphatic carbocycles. The molecule has 5 nitrogen and oxygen atoms in total. The third-order valence-electron chi connectivity index (χ3n) is 3.01. The lowest BCUT2D eigenvalue weighted by Crippen LogP contribution is -2.00. The van der Waals surface area contributed by atoms with E-state index in [1.807, 2.05) is 25.1 Å². The average Bonchev–Trinajstić information content (AvgIpc) is 2.84. The molecule has 0 fully saturated rings. The smallest absolute Gasteiger partial charge is 0.338 e. The molecule has 0 aliphatic rings. The predicted octanol–water partition coefficient (Wildman–Crippen LogP) is 3.06. The Morgan fingerprint density at radius 2 is 2.15 bits per heavy atom. The Kier molecular flexibility index (Phi) is 2.91. The van der Waals surface area contributed by atoms with Crippen molar-refractivity contribution in [2.75, 3.05) is 0 Å². The number of aromatic nitrogens is 3. The molecule has 1 N–H and O–H groups in total. The molecule has 20 heavy (non-hydrogen) atoms. The fraction of sp³-hybridized carbons (Fsp3) is 0.0714. The third-order valence-corrected chi connectivity index (χ3v) is 3.44. The summed E-state index contributed by atoms with van der Waals surface area (Å²) in [6.07, 6.45) is 2.76. The SMILES string of the molecule is Cc1cc(-c2cc3ncc(C(=O)O)cn3n2)ccc1Cl. The number of fused-ring (bicyclic) bond motifs is 1. The van der Waals surface area contributed by atoms with Crippen molar-refractivity contribution in [3.05, 3.63) is 52.8 Å². The molecule has 2 aromatic heterocycles. The summed E-state index contributed by atoms with van der Waals surface area (Å²) in [6.45, 7) is 1.92. The number of aryl methyl sites for hydroxylation is 1. The lowest BCUT2D eigenvalue weighted by atomic mass is 10.1. The van der Waals surface area contributed by atoms with E-state index in [1.165, 1.54) is 16.9 Å². The normalized spacial score (nSPS) is 10.9. The first-order valence-corrected chi connectivity index (χ1v) is 6.27. The van der Waals surface area contributed by atoms with Crippen molar-refractivity contribution in [3.8, 4) is 11.3 Å². The average molecular weight is 288 g/mol. The zero-order valence-corrected chi connectivity index (χ0v) is 11.3. The minimum atomic E-state index is -1.03. The summed E-state index contributed by atoms with van der Waals surface area (Å²) in [5.74, 6) is -1.03. The maximum Gasteiger partial charge on any atom is 0.338 e. The number of halogens is 1. The first-order chi connectivity index (χ1) is 9.54. The van der Waals surface area contributed by atoms with Crippen molar-refractivity contribution in [2.45, 2.75) is 6.92 Å². The van der Waals surface area contributed by atoms with Crippen molar-refractivity contribution < 1.29 is 9.90 Å². The second-order valence-electron chi connectivity index (χ2n) is 4.44. The second kappa shape index (κ2) is 4.61. The second-order valence-corrected chi connectivity index (χ2v) is 4.85. The Labute approximate surface area is 119 Å². The Bertz CT molecular complexity index is 826. The first kappa shape index (κ1) is 12.6. The molecule has 0 atom stereocenters. The maximum absolute atomic E-state index is 10.9. The molecule has 2 heterocycles. The van der Waals surface area contributed by atoms with Crippen LogP contribution in [0.2, 0.25) is 5.02 Å². The highest BCUT2D eigenvalue weighted by Crippen LogP contribution is 2.24. The van der Waals surface area contributed by atoms with E-state index in [4.69, 9.17) is 16.7 Å². The Balaban J connectivity index is 2.12. The molecule has 3 aromatic rings. The van der Waals surface area contributed by atoms with Crippen molar-refractivity contribution in [1.82, 2.24) is 14.6 Å². The van der Waals surface area contributed by atoms with Crippen molar-refractivity contribution in [3.63, 3.8) is 0 Å². The highest BCUT2D eigenvalue weighted by molar-refractivity contribution is 6.31. The van der Waals surface area contributed by atoms with E-state index in [-0.39, 0.29) is 5.56 Å². The molecule has 0 saturated carbocycles. The van der Waals surface area contributed by atoms with Gasteiger partial charge in [-0.15, -0.1) is 0 Å². The van der Waals surface area contributed by atoms with E-state index < -0.39 is 5.97 Å². The number of nitrogens with zero attached hydrogens (tertiary/aromatic N) is 3. The van der Waals surface area contributed by atoms with Crippen LogP contribution in [0, 0.1) is 6.92 Å². The fourth-order valence-corrected chi connectivity index (χ4v) is 2.05. The molecule has 0 spiro atoms. The van der Waals surface area contributed by atoms with Gasteiger partial charge in [-0.1, -0.05) is 17.7 Å². The molecule has 0 bridgehead atoms. The summed E-state index contributed by atoms with van der Waals surface area (Å²) in [5, 5.41) is 14.0. The van der Waals surface area contributed by atoms with Gasteiger partial charge in [-0.05, 0) is 24.6 Å². The van der Waals surface area contributed by atoms with Crippen LogP contribution in [0.4, 0.5) is 0 Å². The van der Waals surface area contributed by atoms with Crippen LogP contribution in [0.3, 0.4) is 0 Å². The molecule has 100 valence electrons. The Morgan fingerprint density at radius 3 is 2.85 bits per heavy atom. The summed E-state index contributed by atoms with van der Waals surface area (Å²) in [4.78, 5) is 15.0. The molecule has 0 saturated heterocycles. The summed E-state index contributed by atoms with van der Waals surface area (Å²) >= 11 is 6.00. The Morgan fingerprint density at radius 1 is 1.35 bits per heavy atom. The van der Waals surface area contributed by atoms with Crippen LogP contribution in [0.15, 0.2) is 36.7 Å². The van der Waals surface area contributed by atoms with Gasteiger partial charge in [-0.2, -0.15) is 5.10 Å². The molecule has 0 unspecified atom stereocenters. The van der Waals surface area contributed by atoms with Crippen LogP contribution in [0.5, 0.6) is 0 Å². The van der Waals surface area contributed by atoms with Crippen LogP contribution in [-0.2, 0) is 0 Å². The summed E-state index contributed by atoms with van der Waals surface area (Å²) < 4.78 is 1.46. The zero-order chi connectivity index (χ0) is 14.3. The van der Waals surface area contributed by atoms with Crippen LogP contribution >= 0.6 is 11.6 Å². The molecule has 1 aromatic carbocycles. The summed E-state index contributed by atoms with van der Waals surface area (Å²) in [5.41, 5.74) is 3.28. The maximum atomic E-state index is 10.9. The topological polar surface area (TPSA) is 67.5 Å². The monoisotopic (exact) mass is 287 g/mol. The number of benzene rings is 1. The number of rotatable bonds is 2. The van der Waals surface area contributed by atoms with E-state index in [0.717, 1.165) is 16.8 Å². The molecule has 0 radical (unpaired) electrons. The summed E-state index contributed by atoms with van der Waals surface area (Å²) in [7, 11) is 0. The van der Waals surface area contributed by atoms with Gasteiger partial charge in [-0.3, -0.25) is 0 Å². The van der Waals surface area contributed by atoms with Crippen LogP contribution in [0.25, 0.3) is 16.9 Å². The van der Waals surface area contributed by atoms with Crippen LogP contribution in [0.1, 0.15) is 15.9 Å². The van der Waals surface area contributed by atoms with Crippen molar-refractivity contribution in [2.24, 2.45) is 0 Å².